The van der Waals surface area contributed by atoms with Crippen LogP contribution in [0.15, 0.2) is 0 Å². The molecular formula is C12H22N2O. The van der Waals surface area contributed by atoms with Crippen LogP contribution < -0.4 is 5.73 Å². The van der Waals surface area contributed by atoms with Gasteiger partial charge in [0.1, 0.15) is 0 Å². The molecule has 3 rings (SSSR count). The van der Waals surface area contributed by atoms with Crippen molar-refractivity contribution in [3.05, 3.63) is 0 Å². The Morgan fingerprint density at radius 2 is 1.80 bits per heavy atom. The van der Waals surface area contributed by atoms with Crippen LogP contribution in [0.5, 0.6) is 0 Å². The average Bonchev–Trinajstić information content (AvgIpc) is 2.51. The Bertz CT molecular complexity index is 218. The summed E-state index contributed by atoms with van der Waals surface area (Å²) < 4.78 is 5.87. The summed E-state index contributed by atoms with van der Waals surface area (Å²) >= 11 is 0. The van der Waals surface area contributed by atoms with E-state index in [-0.39, 0.29) is 0 Å². The molecule has 15 heavy (non-hydrogen) atoms. The van der Waals surface area contributed by atoms with Crippen molar-refractivity contribution in [3.63, 3.8) is 0 Å². The van der Waals surface area contributed by atoms with Gasteiger partial charge in [0.2, 0.25) is 0 Å². The number of nitrogens with zero attached hydrogens (tertiary/aromatic N) is 1. The van der Waals surface area contributed by atoms with E-state index in [9.17, 15) is 0 Å². The molecule has 86 valence electrons. The Balaban J connectivity index is 1.64. The van der Waals surface area contributed by atoms with Gasteiger partial charge in [-0.05, 0) is 31.6 Å². The van der Waals surface area contributed by atoms with Crippen molar-refractivity contribution in [2.24, 2.45) is 11.7 Å². The SMILES string of the molecule is NCC(C1CCC1)N1CC2CCC(C1)O2. The van der Waals surface area contributed by atoms with Crippen LogP contribution in [0.3, 0.4) is 0 Å². The second-order valence-corrected chi connectivity index (χ2v) is 5.41. The van der Waals surface area contributed by atoms with Crippen molar-refractivity contribution in [3.8, 4) is 0 Å². The molecule has 0 aromatic heterocycles. The minimum absolute atomic E-state index is 0.512. The van der Waals surface area contributed by atoms with Crippen molar-refractivity contribution in [2.45, 2.75) is 50.4 Å². The molecule has 2 N–H and O–H groups in total. The molecule has 2 heterocycles. The predicted octanol–water partition coefficient (Wildman–Crippen LogP) is 0.977. The molecule has 3 fully saturated rings. The van der Waals surface area contributed by atoms with Crippen LogP contribution in [0.25, 0.3) is 0 Å². The first-order chi connectivity index (χ1) is 7.36. The maximum absolute atomic E-state index is 5.94. The van der Waals surface area contributed by atoms with Gasteiger partial charge in [-0.1, -0.05) is 6.42 Å². The molecule has 0 radical (unpaired) electrons. The number of hydrogen-bond acceptors (Lipinski definition) is 3. The third kappa shape index (κ3) is 1.81. The first kappa shape index (κ1) is 10.1. The summed E-state index contributed by atoms with van der Waals surface area (Å²) in [6.07, 6.45) is 7.77. The van der Waals surface area contributed by atoms with Gasteiger partial charge in [0.15, 0.2) is 0 Å². The standard InChI is InChI=1S/C12H22N2O/c13-6-12(9-2-1-3-9)14-7-10-4-5-11(8-14)15-10/h9-12H,1-8,13H2. The van der Waals surface area contributed by atoms with Crippen molar-refractivity contribution < 1.29 is 4.74 Å². The monoisotopic (exact) mass is 210 g/mol. The molecule has 0 spiro atoms. The quantitative estimate of drug-likeness (QED) is 0.754. The molecule has 3 nitrogen and oxygen atoms in total. The molecule has 0 aromatic carbocycles. The fourth-order valence-electron chi connectivity index (χ4n) is 3.38. The fourth-order valence-corrected chi connectivity index (χ4v) is 3.38. The Morgan fingerprint density at radius 1 is 1.13 bits per heavy atom. The smallest absolute Gasteiger partial charge is 0.0707 e. The highest BCUT2D eigenvalue weighted by molar-refractivity contribution is 4.92. The van der Waals surface area contributed by atoms with Gasteiger partial charge < -0.3 is 10.5 Å². The van der Waals surface area contributed by atoms with E-state index in [0.717, 1.165) is 25.6 Å². The van der Waals surface area contributed by atoms with E-state index < -0.39 is 0 Å². The largest absolute Gasteiger partial charge is 0.372 e. The fraction of sp³-hybridized carbons (Fsp3) is 1.00. The number of morpholine rings is 1. The van der Waals surface area contributed by atoms with E-state index in [1.54, 1.807) is 0 Å². The summed E-state index contributed by atoms with van der Waals surface area (Å²) in [5.74, 6) is 0.882. The topological polar surface area (TPSA) is 38.5 Å². The van der Waals surface area contributed by atoms with Crippen molar-refractivity contribution in [1.29, 1.82) is 0 Å². The third-order valence-electron chi connectivity index (χ3n) is 4.48. The molecule has 3 unspecified atom stereocenters. The Kier molecular flexibility index (Phi) is 2.71. The number of rotatable bonds is 3. The Hall–Kier alpha value is -0.120. The third-order valence-corrected chi connectivity index (χ3v) is 4.48. The zero-order chi connectivity index (χ0) is 10.3. The molecule has 0 amide bonds. The van der Waals surface area contributed by atoms with E-state index in [1.165, 1.54) is 32.1 Å². The number of hydrogen-bond donors (Lipinski definition) is 1. The van der Waals surface area contributed by atoms with Crippen LogP contribution >= 0.6 is 0 Å². The van der Waals surface area contributed by atoms with Crippen molar-refractivity contribution in [1.82, 2.24) is 4.90 Å². The molecule has 2 saturated heterocycles. The number of nitrogens with two attached hydrogens (primary N) is 1. The van der Waals surface area contributed by atoms with Crippen LogP contribution in [0.4, 0.5) is 0 Å². The lowest BCUT2D eigenvalue weighted by Crippen LogP contribution is -2.54. The molecule has 3 atom stereocenters. The molecule has 2 bridgehead atoms. The van der Waals surface area contributed by atoms with E-state index in [0.29, 0.717) is 18.2 Å². The summed E-state index contributed by atoms with van der Waals surface area (Å²) in [6.45, 7) is 3.11. The summed E-state index contributed by atoms with van der Waals surface area (Å²) in [5, 5.41) is 0. The van der Waals surface area contributed by atoms with E-state index in [1.807, 2.05) is 0 Å². The first-order valence-electron chi connectivity index (χ1n) is 6.46. The number of fused-ring (bicyclic) bond motifs is 2. The van der Waals surface area contributed by atoms with E-state index in [2.05, 4.69) is 4.90 Å². The van der Waals surface area contributed by atoms with Crippen LogP contribution in [0, 0.1) is 5.92 Å². The van der Waals surface area contributed by atoms with Crippen molar-refractivity contribution >= 4 is 0 Å². The normalized spacial score (nSPS) is 39.0. The molecule has 1 aliphatic carbocycles. The summed E-state index contributed by atoms with van der Waals surface area (Å²) in [7, 11) is 0. The van der Waals surface area contributed by atoms with Gasteiger partial charge in [-0.15, -0.1) is 0 Å². The molecule has 0 aromatic rings. The predicted molar refractivity (Wildman–Crippen MR) is 59.7 cm³/mol. The van der Waals surface area contributed by atoms with Gasteiger partial charge in [-0.25, -0.2) is 0 Å². The van der Waals surface area contributed by atoms with Gasteiger partial charge >= 0.3 is 0 Å². The maximum Gasteiger partial charge on any atom is 0.0707 e. The minimum atomic E-state index is 0.512. The Labute approximate surface area is 91.9 Å². The molecule has 3 aliphatic rings. The number of likely N-dealkylation sites (tertiary alicyclic amines) is 1. The summed E-state index contributed by atoms with van der Waals surface area (Å²) in [4.78, 5) is 2.62. The average molecular weight is 210 g/mol. The van der Waals surface area contributed by atoms with Crippen LogP contribution in [0.2, 0.25) is 0 Å². The van der Waals surface area contributed by atoms with Gasteiger partial charge in [-0.2, -0.15) is 0 Å². The van der Waals surface area contributed by atoms with Gasteiger partial charge in [-0.3, -0.25) is 4.90 Å². The number of ether oxygens (including phenoxy) is 1. The van der Waals surface area contributed by atoms with E-state index >= 15 is 0 Å². The lowest BCUT2D eigenvalue weighted by molar-refractivity contribution is -0.0651. The van der Waals surface area contributed by atoms with Gasteiger partial charge in [0, 0.05) is 25.7 Å². The van der Waals surface area contributed by atoms with Gasteiger partial charge in [0.05, 0.1) is 12.2 Å². The van der Waals surface area contributed by atoms with Crippen LogP contribution in [-0.4, -0.2) is 42.8 Å². The zero-order valence-corrected chi connectivity index (χ0v) is 9.40. The van der Waals surface area contributed by atoms with Crippen LogP contribution in [-0.2, 0) is 4.74 Å². The highest BCUT2D eigenvalue weighted by Gasteiger charge is 2.39. The first-order valence-corrected chi connectivity index (χ1v) is 6.46. The molecule has 3 heteroatoms. The molecule has 2 aliphatic heterocycles. The van der Waals surface area contributed by atoms with E-state index in [4.69, 9.17) is 10.5 Å². The highest BCUT2D eigenvalue weighted by Crippen LogP contribution is 2.35. The Morgan fingerprint density at radius 3 is 2.27 bits per heavy atom. The van der Waals surface area contributed by atoms with Crippen LogP contribution in [0.1, 0.15) is 32.1 Å². The molecular weight excluding hydrogens is 188 g/mol. The van der Waals surface area contributed by atoms with Gasteiger partial charge in [0.25, 0.3) is 0 Å². The second kappa shape index (κ2) is 4.04. The second-order valence-electron chi connectivity index (χ2n) is 5.41. The highest BCUT2D eigenvalue weighted by atomic mass is 16.5. The summed E-state index contributed by atoms with van der Waals surface area (Å²) in [5.41, 5.74) is 5.94. The lowest BCUT2D eigenvalue weighted by atomic mass is 9.79. The van der Waals surface area contributed by atoms with Crippen molar-refractivity contribution in [2.75, 3.05) is 19.6 Å². The zero-order valence-electron chi connectivity index (χ0n) is 9.40. The maximum atomic E-state index is 5.94. The summed E-state index contributed by atoms with van der Waals surface area (Å²) in [6, 6.07) is 0.644. The molecule has 1 saturated carbocycles. The minimum Gasteiger partial charge on any atom is -0.372 e. The lowest BCUT2D eigenvalue weighted by Gasteiger charge is -2.44.